The first-order chi connectivity index (χ1) is 19.2. The van der Waals surface area contributed by atoms with Crippen LogP contribution in [0.4, 0.5) is 5.69 Å². The molecule has 0 saturated heterocycles. The van der Waals surface area contributed by atoms with Gasteiger partial charge in [0.25, 0.3) is 10.0 Å². The number of carbonyl (C=O) groups is 2. The number of methoxy groups -OCH3 is 1. The number of nitrogens with one attached hydrogen (secondary N) is 1. The number of sulfonamides is 1. The molecule has 8 nitrogen and oxygen atoms in total. The van der Waals surface area contributed by atoms with Crippen LogP contribution in [0, 0.1) is 6.92 Å². The number of rotatable bonds is 13. The molecule has 0 aromatic heterocycles. The third-order valence-corrected chi connectivity index (χ3v) is 8.53. The topological polar surface area (TPSA) is 96.0 Å². The molecule has 0 aliphatic heterocycles. The average molecular weight is 566 g/mol. The fourth-order valence-corrected chi connectivity index (χ4v) is 6.03. The van der Waals surface area contributed by atoms with E-state index in [2.05, 4.69) is 5.32 Å². The summed E-state index contributed by atoms with van der Waals surface area (Å²) < 4.78 is 34.6. The summed E-state index contributed by atoms with van der Waals surface area (Å²) in [5.74, 6) is -0.151. The third-order valence-electron chi connectivity index (χ3n) is 6.75. The van der Waals surface area contributed by atoms with E-state index in [1.807, 2.05) is 52.0 Å². The lowest BCUT2D eigenvalue weighted by molar-refractivity contribution is -0.140. The van der Waals surface area contributed by atoms with E-state index in [0.717, 1.165) is 16.7 Å². The Labute approximate surface area is 238 Å². The Morgan fingerprint density at radius 1 is 0.950 bits per heavy atom. The van der Waals surface area contributed by atoms with E-state index < -0.39 is 28.5 Å². The van der Waals surface area contributed by atoms with Crippen LogP contribution in [-0.4, -0.2) is 51.4 Å². The molecule has 2 amide bonds. The summed E-state index contributed by atoms with van der Waals surface area (Å²) in [7, 11) is -2.55. The first-order valence-corrected chi connectivity index (χ1v) is 15.0. The van der Waals surface area contributed by atoms with E-state index in [9.17, 15) is 18.0 Å². The molecule has 0 aliphatic rings. The summed E-state index contributed by atoms with van der Waals surface area (Å²) in [6.07, 6.45) is 0.937. The Kier molecular flexibility index (Phi) is 10.7. The number of hydrogen-bond acceptors (Lipinski definition) is 5. The van der Waals surface area contributed by atoms with Gasteiger partial charge >= 0.3 is 0 Å². The summed E-state index contributed by atoms with van der Waals surface area (Å²) in [5.41, 5.74) is 2.91. The molecule has 0 radical (unpaired) electrons. The second kappa shape index (κ2) is 14.0. The van der Waals surface area contributed by atoms with Crippen molar-refractivity contribution in [3.05, 3.63) is 89.5 Å². The monoisotopic (exact) mass is 565 g/mol. The normalized spacial score (nSPS) is 11.9. The Morgan fingerprint density at radius 3 is 2.27 bits per heavy atom. The minimum absolute atomic E-state index is 0.0897. The highest BCUT2D eigenvalue weighted by molar-refractivity contribution is 7.92. The molecule has 40 heavy (non-hydrogen) atoms. The number of para-hydroxylation sites is 1. The molecule has 0 fully saturated rings. The molecule has 0 bridgehead atoms. The van der Waals surface area contributed by atoms with Crippen molar-refractivity contribution in [2.45, 2.75) is 58.0 Å². The molecule has 0 heterocycles. The molecule has 3 aromatic carbocycles. The number of hydrogen-bond donors (Lipinski definition) is 1. The summed E-state index contributed by atoms with van der Waals surface area (Å²) >= 11 is 0. The van der Waals surface area contributed by atoms with E-state index in [1.54, 1.807) is 55.6 Å². The van der Waals surface area contributed by atoms with E-state index >= 15 is 0 Å². The number of likely N-dealkylation sites (N-methyl/N-ethyl adjacent to an activating group) is 1. The number of nitrogens with zero attached hydrogens (tertiary/aromatic N) is 2. The number of amides is 2. The van der Waals surface area contributed by atoms with Gasteiger partial charge in [-0.3, -0.25) is 13.9 Å². The summed E-state index contributed by atoms with van der Waals surface area (Å²) in [5, 5.41) is 2.82. The van der Waals surface area contributed by atoms with E-state index in [4.69, 9.17) is 4.74 Å². The van der Waals surface area contributed by atoms with Crippen LogP contribution in [0.15, 0.2) is 77.7 Å². The average Bonchev–Trinajstić information content (AvgIpc) is 2.96. The first-order valence-electron chi connectivity index (χ1n) is 13.5. The lowest BCUT2D eigenvalue weighted by Gasteiger charge is -2.33. The van der Waals surface area contributed by atoms with Gasteiger partial charge in [-0.15, -0.1) is 0 Å². The van der Waals surface area contributed by atoms with Gasteiger partial charge in [0.2, 0.25) is 11.8 Å². The molecule has 0 spiro atoms. The maximum absolute atomic E-state index is 14.1. The lowest BCUT2D eigenvalue weighted by atomic mass is 10.1. The van der Waals surface area contributed by atoms with Crippen molar-refractivity contribution in [3.8, 4) is 5.75 Å². The maximum Gasteiger partial charge on any atom is 0.264 e. The van der Waals surface area contributed by atoms with Crippen molar-refractivity contribution in [1.29, 1.82) is 0 Å². The fraction of sp³-hybridized carbons (Fsp3) is 0.355. The Morgan fingerprint density at radius 2 is 1.65 bits per heavy atom. The molecule has 1 unspecified atom stereocenters. The van der Waals surface area contributed by atoms with Gasteiger partial charge in [0, 0.05) is 13.1 Å². The van der Waals surface area contributed by atoms with Gasteiger partial charge in [-0.1, -0.05) is 61.9 Å². The van der Waals surface area contributed by atoms with Gasteiger partial charge < -0.3 is 15.0 Å². The predicted molar refractivity (Wildman–Crippen MR) is 158 cm³/mol. The largest absolute Gasteiger partial charge is 0.497 e. The van der Waals surface area contributed by atoms with Gasteiger partial charge in [0.05, 0.1) is 17.7 Å². The lowest BCUT2D eigenvalue weighted by Crippen LogP contribution is -2.52. The van der Waals surface area contributed by atoms with Gasteiger partial charge in [-0.05, 0) is 68.1 Å². The zero-order valence-corrected chi connectivity index (χ0v) is 24.7. The first kappa shape index (κ1) is 30.7. The van der Waals surface area contributed by atoms with Crippen molar-refractivity contribution < 1.29 is 22.7 Å². The van der Waals surface area contributed by atoms with Gasteiger partial charge in [0.15, 0.2) is 0 Å². The van der Waals surface area contributed by atoms with Crippen molar-refractivity contribution in [2.24, 2.45) is 0 Å². The van der Waals surface area contributed by atoms with Gasteiger partial charge in [0.1, 0.15) is 18.3 Å². The van der Waals surface area contributed by atoms with Crippen molar-refractivity contribution in [2.75, 3.05) is 24.5 Å². The van der Waals surface area contributed by atoms with Crippen LogP contribution in [0.1, 0.15) is 43.9 Å². The smallest absolute Gasteiger partial charge is 0.264 e. The van der Waals surface area contributed by atoms with Crippen molar-refractivity contribution in [3.63, 3.8) is 0 Å². The molecule has 1 N–H and O–H groups in total. The summed E-state index contributed by atoms with van der Waals surface area (Å²) in [4.78, 5) is 28.8. The predicted octanol–water partition coefficient (Wildman–Crippen LogP) is 4.70. The summed E-state index contributed by atoms with van der Waals surface area (Å²) in [6, 6.07) is 20.2. The summed E-state index contributed by atoms with van der Waals surface area (Å²) in [6.45, 7) is 7.53. The standard InChI is InChI=1S/C31H39N3O5S/c1-6-25-13-9-10-15-29(25)34(40(37,38)27-18-16-23(4)17-19-27)22-30(35)33(28(7-2)31(36)32-8-3)21-24-12-11-14-26(20-24)39-5/h9-20,28H,6-8,21-22H2,1-5H3,(H,32,36). The molecule has 3 aromatic rings. The number of aryl methyl sites for hydroxylation is 2. The van der Waals surface area contributed by atoms with Crippen LogP contribution in [-0.2, 0) is 32.6 Å². The van der Waals surface area contributed by atoms with Crippen LogP contribution in [0.5, 0.6) is 5.75 Å². The van der Waals surface area contributed by atoms with Crippen LogP contribution in [0.2, 0.25) is 0 Å². The minimum atomic E-state index is -4.11. The Bertz CT molecular complexity index is 1410. The molecule has 9 heteroatoms. The second-order valence-corrected chi connectivity index (χ2v) is 11.4. The van der Waals surface area contributed by atoms with E-state index in [0.29, 0.717) is 30.8 Å². The van der Waals surface area contributed by atoms with Crippen LogP contribution in [0.3, 0.4) is 0 Å². The highest BCUT2D eigenvalue weighted by Crippen LogP contribution is 2.28. The molecule has 0 aliphatic carbocycles. The molecule has 1 atom stereocenters. The fourth-order valence-electron chi connectivity index (χ4n) is 4.58. The third kappa shape index (κ3) is 7.21. The maximum atomic E-state index is 14.1. The van der Waals surface area contributed by atoms with Gasteiger partial charge in [-0.25, -0.2) is 8.42 Å². The highest BCUT2D eigenvalue weighted by Gasteiger charge is 2.34. The number of carbonyl (C=O) groups excluding carboxylic acids is 2. The highest BCUT2D eigenvalue weighted by atomic mass is 32.2. The molecule has 3 rings (SSSR count). The Hall–Kier alpha value is -3.85. The zero-order chi connectivity index (χ0) is 29.3. The van der Waals surface area contributed by atoms with Crippen molar-refractivity contribution >= 4 is 27.5 Å². The number of benzene rings is 3. The Balaban J connectivity index is 2.10. The van der Waals surface area contributed by atoms with Crippen LogP contribution in [0.25, 0.3) is 0 Å². The molecular weight excluding hydrogens is 526 g/mol. The minimum Gasteiger partial charge on any atom is -0.497 e. The van der Waals surface area contributed by atoms with Gasteiger partial charge in [-0.2, -0.15) is 0 Å². The van der Waals surface area contributed by atoms with Crippen LogP contribution < -0.4 is 14.4 Å². The zero-order valence-electron chi connectivity index (χ0n) is 23.9. The number of anilines is 1. The molecular formula is C31H39N3O5S. The van der Waals surface area contributed by atoms with E-state index in [1.165, 1.54) is 9.21 Å². The molecule has 214 valence electrons. The van der Waals surface area contributed by atoms with Crippen LogP contribution >= 0.6 is 0 Å². The van der Waals surface area contributed by atoms with E-state index in [-0.39, 0.29) is 17.3 Å². The quantitative estimate of drug-likeness (QED) is 0.324. The number of ether oxygens (including phenoxy) is 1. The van der Waals surface area contributed by atoms with Crippen molar-refractivity contribution in [1.82, 2.24) is 10.2 Å². The SMILES string of the molecule is CCNC(=O)C(CC)N(Cc1cccc(OC)c1)C(=O)CN(c1ccccc1CC)S(=O)(=O)c1ccc(C)cc1. The molecule has 0 saturated carbocycles. The second-order valence-electron chi connectivity index (χ2n) is 9.50.